The molecule has 0 spiro atoms. The molecule has 6 nitrogen and oxygen atoms in total. The van der Waals surface area contributed by atoms with Crippen molar-refractivity contribution in [1.29, 1.82) is 0 Å². The van der Waals surface area contributed by atoms with Crippen LogP contribution in [0.1, 0.15) is 20.3 Å². The van der Waals surface area contributed by atoms with E-state index in [1.165, 1.54) is 0 Å². The van der Waals surface area contributed by atoms with Gasteiger partial charge in [0.15, 0.2) is 0 Å². The third-order valence-corrected chi connectivity index (χ3v) is 3.68. The van der Waals surface area contributed by atoms with Crippen molar-refractivity contribution in [1.82, 2.24) is 15.5 Å². The lowest BCUT2D eigenvalue weighted by Crippen LogP contribution is -2.51. The van der Waals surface area contributed by atoms with Gasteiger partial charge in [0.2, 0.25) is 5.91 Å². The fourth-order valence-corrected chi connectivity index (χ4v) is 2.84. The second kappa shape index (κ2) is 7.93. The van der Waals surface area contributed by atoms with E-state index in [0.717, 1.165) is 39.1 Å². The molecular formula is C14H27N3O3. The Kier molecular flexibility index (Phi) is 6.22. The van der Waals surface area contributed by atoms with Gasteiger partial charge in [-0.1, -0.05) is 0 Å². The summed E-state index contributed by atoms with van der Waals surface area (Å²) >= 11 is 0. The van der Waals surface area contributed by atoms with E-state index in [2.05, 4.69) is 29.4 Å². The second-order valence-electron chi connectivity index (χ2n) is 5.74. The van der Waals surface area contributed by atoms with Gasteiger partial charge in [0.25, 0.3) is 0 Å². The molecule has 0 aromatic carbocycles. The fourth-order valence-electron chi connectivity index (χ4n) is 2.84. The van der Waals surface area contributed by atoms with E-state index in [4.69, 9.17) is 9.47 Å². The number of morpholine rings is 2. The molecule has 2 heterocycles. The van der Waals surface area contributed by atoms with Crippen molar-refractivity contribution in [3.05, 3.63) is 0 Å². The van der Waals surface area contributed by atoms with Crippen LogP contribution in [0.3, 0.4) is 0 Å². The maximum Gasteiger partial charge on any atom is 0.239 e. The number of hydrogen-bond acceptors (Lipinski definition) is 5. The summed E-state index contributed by atoms with van der Waals surface area (Å²) in [4.78, 5) is 14.3. The normalized spacial score (nSPS) is 32.0. The lowest BCUT2D eigenvalue weighted by molar-refractivity contribution is -0.125. The summed E-state index contributed by atoms with van der Waals surface area (Å²) in [7, 11) is 0. The zero-order chi connectivity index (χ0) is 14.4. The maximum absolute atomic E-state index is 11.9. The van der Waals surface area contributed by atoms with Crippen molar-refractivity contribution in [2.24, 2.45) is 0 Å². The highest BCUT2D eigenvalue weighted by atomic mass is 16.5. The maximum atomic E-state index is 11.9. The Bertz CT molecular complexity index is 298. The van der Waals surface area contributed by atoms with E-state index in [0.29, 0.717) is 25.4 Å². The number of nitrogens with zero attached hydrogens (tertiary/aromatic N) is 1. The molecule has 3 unspecified atom stereocenters. The molecule has 116 valence electrons. The fraction of sp³-hybridized carbons (Fsp3) is 0.929. The van der Waals surface area contributed by atoms with Crippen LogP contribution in [-0.2, 0) is 14.3 Å². The summed E-state index contributed by atoms with van der Waals surface area (Å²) in [6, 6.07) is -0.188. The molecule has 2 aliphatic rings. The zero-order valence-electron chi connectivity index (χ0n) is 12.6. The van der Waals surface area contributed by atoms with Crippen molar-refractivity contribution in [3.8, 4) is 0 Å². The molecule has 2 N–H and O–H groups in total. The topological polar surface area (TPSA) is 62.8 Å². The minimum absolute atomic E-state index is 0.0495. The monoisotopic (exact) mass is 285 g/mol. The third kappa shape index (κ3) is 5.01. The Labute approximate surface area is 121 Å². The van der Waals surface area contributed by atoms with Crippen LogP contribution in [-0.4, -0.2) is 75.0 Å². The third-order valence-electron chi connectivity index (χ3n) is 3.68. The van der Waals surface area contributed by atoms with Gasteiger partial charge in [-0.25, -0.2) is 0 Å². The van der Waals surface area contributed by atoms with Crippen molar-refractivity contribution in [2.75, 3.05) is 45.9 Å². The molecule has 0 aliphatic carbocycles. The number of nitrogens with one attached hydrogen (secondary N) is 2. The van der Waals surface area contributed by atoms with Crippen LogP contribution in [0.25, 0.3) is 0 Å². The van der Waals surface area contributed by atoms with E-state index in [1.807, 2.05) is 0 Å². The molecular weight excluding hydrogens is 258 g/mol. The first-order valence-corrected chi connectivity index (χ1v) is 7.62. The van der Waals surface area contributed by atoms with Crippen molar-refractivity contribution < 1.29 is 14.3 Å². The first kappa shape index (κ1) is 15.7. The molecule has 2 saturated heterocycles. The van der Waals surface area contributed by atoms with Crippen LogP contribution in [0.2, 0.25) is 0 Å². The summed E-state index contributed by atoms with van der Waals surface area (Å²) in [5.74, 6) is 0.0495. The van der Waals surface area contributed by atoms with Gasteiger partial charge in [0, 0.05) is 32.7 Å². The first-order valence-electron chi connectivity index (χ1n) is 7.62. The van der Waals surface area contributed by atoms with Crippen molar-refractivity contribution in [3.63, 3.8) is 0 Å². The van der Waals surface area contributed by atoms with Gasteiger partial charge in [0.05, 0.1) is 25.4 Å². The van der Waals surface area contributed by atoms with Gasteiger partial charge in [0.1, 0.15) is 6.04 Å². The van der Waals surface area contributed by atoms with E-state index in [-0.39, 0.29) is 11.9 Å². The molecule has 20 heavy (non-hydrogen) atoms. The van der Waals surface area contributed by atoms with E-state index in [1.54, 1.807) is 0 Å². The minimum atomic E-state index is -0.188. The highest BCUT2D eigenvalue weighted by Crippen LogP contribution is 2.10. The van der Waals surface area contributed by atoms with Crippen LogP contribution >= 0.6 is 0 Å². The standard InChI is InChI=1S/C14H27N3O3/c1-11-8-17(9-12(2)20-11)6-3-4-16-14(18)13-10-19-7-5-15-13/h11-13,15H,3-10H2,1-2H3,(H,16,18). The molecule has 0 bridgehead atoms. The highest BCUT2D eigenvalue weighted by Gasteiger charge is 2.22. The van der Waals surface area contributed by atoms with Gasteiger partial charge in [-0.2, -0.15) is 0 Å². The Hall–Kier alpha value is -0.690. The van der Waals surface area contributed by atoms with Gasteiger partial charge in [-0.15, -0.1) is 0 Å². The number of ether oxygens (including phenoxy) is 2. The summed E-state index contributed by atoms with van der Waals surface area (Å²) < 4.78 is 11.0. The summed E-state index contributed by atoms with van der Waals surface area (Å²) in [5.41, 5.74) is 0. The van der Waals surface area contributed by atoms with E-state index < -0.39 is 0 Å². The molecule has 2 rings (SSSR count). The molecule has 2 aliphatic heterocycles. The van der Waals surface area contributed by atoms with Crippen LogP contribution in [0.15, 0.2) is 0 Å². The van der Waals surface area contributed by atoms with Crippen LogP contribution in [0.5, 0.6) is 0 Å². The predicted molar refractivity (Wildman–Crippen MR) is 76.7 cm³/mol. The van der Waals surface area contributed by atoms with Crippen LogP contribution in [0.4, 0.5) is 0 Å². The SMILES string of the molecule is CC1CN(CCCNC(=O)C2COCCN2)CC(C)O1. The van der Waals surface area contributed by atoms with Gasteiger partial charge in [-0.3, -0.25) is 9.69 Å². The van der Waals surface area contributed by atoms with E-state index >= 15 is 0 Å². The van der Waals surface area contributed by atoms with Gasteiger partial charge in [-0.05, 0) is 20.3 Å². The average Bonchev–Trinajstić information content (AvgIpc) is 2.43. The molecule has 1 amide bonds. The molecule has 0 aromatic heterocycles. The summed E-state index contributed by atoms with van der Waals surface area (Å²) in [6.07, 6.45) is 1.58. The molecule has 2 fully saturated rings. The molecule has 0 aromatic rings. The Morgan fingerprint density at radius 1 is 1.35 bits per heavy atom. The lowest BCUT2D eigenvalue weighted by Gasteiger charge is -2.35. The Morgan fingerprint density at radius 3 is 2.75 bits per heavy atom. The predicted octanol–water partition coefficient (Wildman–Crippen LogP) is -0.410. The van der Waals surface area contributed by atoms with Crippen molar-refractivity contribution >= 4 is 5.91 Å². The summed E-state index contributed by atoms with van der Waals surface area (Å²) in [5, 5.41) is 6.13. The first-order chi connectivity index (χ1) is 9.65. The largest absolute Gasteiger partial charge is 0.378 e. The molecule has 0 saturated carbocycles. The number of hydrogen-bond donors (Lipinski definition) is 2. The summed E-state index contributed by atoms with van der Waals surface area (Å²) in [6.45, 7) is 9.83. The number of amides is 1. The highest BCUT2D eigenvalue weighted by molar-refractivity contribution is 5.81. The number of rotatable bonds is 5. The zero-order valence-corrected chi connectivity index (χ0v) is 12.6. The number of carbonyl (C=O) groups is 1. The van der Waals surface area contributed by atoms with Crippen LogP contribution < -0.4 is 10.6 Å². The molecule has 0 radical (unpaired) electrons. The molecule has 6 heteroatoms. The van der Waals surface area contributed by atoms with Gasteiger partial charge < -0.3 is 20.1 Å². The van der Waals surface area contributed by atoms with Gasteiger partial charge >= 0.3 is 0 Å². The quantitative estimate of drug-likeness (QED) is 0.673. The van der Waals surface area contributed by atoms with E-state index in [9.17, 15) is 4.79 Å². The Balaban J connectivity index is 1.57. The molecule has 3 atom stereocenters. The minimum Gasteiger partial charge on any atom is -0.378 e. The van der Waals surface area contributed by atoms with Crippen molar-refractivity contribution in [2.45, 2.75) is 38.5 Å². The average molecular weight is 285 g/mol. The van der Waals surface area contributed by atoms with Crippen LogP contribution in [0, 0.1) is 0 Å². The number of carbonyl (C=O) groups excluding carboxylic acids is 1. The lowest BCUT2D eigenvalue weighted by atomic mass is 10.2. The smallest absolute Gasteiger partial charge is 0.239 e. The Morgan fingerprint density at radius 2 is 2.10 bits per heavy atom. The second-order valence-corrected chi connectivity index (χ2v) is 5.74.